The van der Waals surface area contributed by atoms with E-state index in [0.717, 1.165) is 49.2 Å². The van der Waals surface area contributed by atoms with E-state index in [1.54, 1.807) is 0 Å². The molecular weight excluding hydrogens is 470 g/mol. The Hall–Kier alpha value is -1.59. The molecule has 6 heteroatoms. The second-order valence-corrected chi connectivity index (χ2v) is 15.0. The highest BCUT2D eigenvalue weighted by atomic mass is 16.6. The van der Waals surface area contributed by atoms with E-state index >= 15 is 0 Å². The predicted octanol–water partition coefficient (Wildman–Crippen LogP) is 5.01. The van der Waals surface area contributed by atoms with Gasteiger partial charge in [0.1, 0.15) is 0 Å². The summed E-state index contributed by atoms with van der Waals surface area (Å²) in [5, 5.41) is 0. The van der Waals surface area contributed by atoms with Crippen molar-refractivity contribution in [3.05, 3.63) is 59.7 Å². The summed E-state index contributed by atoms with van der Waals surface area (Å²) in [6, 6.07) is 18.6. The van der Waals surface area contributed by atoms with Crippen molar-refractivity contribution in [2.75, 3.05) is 26.4 Å². The van der Waals surface area contributed by atoms with Crippen molar-refractivity contribution in [3.63, 3.8) is 0 Å². The fourth-order valence-corrected chi connectivity index (χ4v) is 8.70. The summed E-state index contributed by atoms with van der Waals surface area (Å²) in [4.78, 5) is 0. The van der Waals surface area contributed by atoms with Crippen molar-refractivity contribution in [2.45, 2.75) is 77.0 Å². The van der Waals surface area contributed by atoms with Gasteiger partial charge in [-0.1, -0.05) is 76.2 Å². The lowest BCUT2D eigenvalue weighted by Gasteiger charge is -2.63. The molecule has 38 heavy (non-hydrogen) atoms. The molecule has 6 fully saturated rings. The van der Waals surface area contributed by atoms with Crippen LogP contribution >= 0.6 is 0 Å². The molecule has 0 radical (unpaired) electrons. The monoisotopic (exact) mass is 512 g/mol. The van der Waals surface area contributed by atoms with Crippen LogP contribution in [0.3, 0.4) is 0 Å². The van der Waals surface area contributed by atoms with Gasteiger partial charge in [0.25, 0.3) is 0 Å². The molecule has 2 aromatic carbocycles. The van der Waals surface area contributed by atoms with Crippen molar-refractivity contribution in [2.24, 2.45) is 22.7 Å². The zero-order valence-corrected chi connectivity index (χ0v) is 23.6. The predicted molar refractivity (Wildman–Crippen MR) is 153 cm³/mol. The number of rotatable bonds is 4. The van der Waals surface area contributed by atoms with Crippen molar-refractivity contribution < 1.29 is 18.6 Å². The van der Waals surface area contributed by atoms with Crippen molar-refractivity contribution in [1.82, 2.24) is 0 Å². The highest BCUT2D eigenvalue weighted by Gasteiger charge is 2.58. The van der Waals surface area contributed by atoms with Gasteiger partial charge in [-0.2, -0.15) is 0 Å². The largest absolute Gasteiger partial charge is 0.493 e. The number of hydrogen-bond donors (Lipinski definition) is 0. The summed E-state index contributed by atoms with van der Waals surface area (Å²) in [6.07, 6.45) is 8.04. The maximum absolute atomic E-state index is 6.07. The lowest BCUT2D eigenvalue weighted by atomic mass is 9.41. The topological polar surface area (TPSA) is 36.9 Å². The van der Waals surface area contributed by atoms with Gasteiger partial charge in [0.2, 0.25) is 0 Å². The summed E-state index contributed by atoms with van der Waals surface area (Å²) >= 11 is 0. The normalized spacial score (nSPS) is 35.5. The van der Waals surface area contributed by atoms with Crippen LogP contribution in [0.5, 0.6) is 0 Å². The molecule has 2 saturated heterocycles. The first-order chi connectivity index (χ1) is 18.1. The lowest BCUT2D eigenvalue weighted by molar-refractivity contribution is -0.0281. The third-order valence-corrected chi connectivity index (χ3v) is 10.2. The van der Waals surface area contributed by atoms with E-state index in [2.05, 4.69) is 76.2 Å². The Morgan fingerprint density at radius 1 is 0.553 bits per heavy atom. The molecule has 0 aromatic heterocycles. The molecule has 2 aromatic rings. The first-order valence-corrected chi connectivity index (χ1v) is 14.8. The molecule has 4 saturated carbocycles. The number of benzene rings is 2. The average Bonchev–Trinajstić information content (AvgIpc) is 2.88. The fraction of sp³-hybridized carbons (Fsp3) is 0.625. The fourth-order valence-electron chi connectivity index (χ4n) is 8.70. The molecule has 8 rings (SSSR count). The summed E-state index contributed by atoms with van der Waals surface area (Å²) < 4.78 is 24.3. The molecule has 4 nitrogen and oxygen atoms in total. The van der Waals surface area contributed by atoms with E-state index in [1.807, 2.05) is 0 Å². The molecule has 0 unspecified atom stereocenters. The standard InChI is InChI=1S/C32H42B2O4/c1-29(2)19-35-33(36-20-29)27-9-5-25(6-10-27)31-14-23-13-24(15-31)17-32(16-23,18-31)26-7-11-28(12-8-26)34-37-21-30(3,4)22-38-34/h5-12,23-24H,13-22H2,1-4H3. The van der Waals surface area contributed by atoms with E-state index in [1.165, 1.54) is 49.7 Å². The molecular formula is C32H42B2O4. The Kier molecular flexibility index (Phi) is 5.98. The third-order valence-electron chi connectivity index (χ3n) is 10.2. The van der Waals surface area contributed by atoms with E-state index in [9.17, 15) is 0 Å². The van der Waals surface area contributed by atoms with Crippen molar-refractivity contribution >= 4 is 25.2 Å². The van der Waals surface area contributed by atoms with E-state index in [4.69, 9.17) is 18.6 Å². The Morgan fingerprint density at radius 3 is 1.24 bits per heavy atom. The van der Waals surface area contributed by atoms with Crippen LogP contribution in [-0.2, 0) is 29.4 Å². The highest BCUT2D eigenvalue weighted by molar-refractivity contribution is 6.61. The van der Waals surface area contributed by atoms with Gasteiger partial charge in [-0.05, 0) is 83.2 Å². The second-order valence-electron chi connectivity index (χ2n) is 15.0. The van der Waals surface area contributed by atoms with E-state index in [0.29, 0.717) is 10.8 Å². The zero-order valence-electron chi connectivity index (χ0n) is 23.6. The summed E-state index contributed by atoms with van der Waals surface area (Å²) in [5.74, 6) is 1.66. The van der Waals surface area contributed by atoms with Crippen LogP contribution in [0, 0.1) is 22.7 Å². The first kappa shape index (κ1) is 25.4. The van der Waals surface area contributed by atoms with E-state index in [-0.39, 0.29) is 25.1 Å². The van der Waals surface area contributed by atoms with E-state index < -0.39 is 0 Å². The third kappa shape index (κ3) is 4.50. The van der Waals surface area contributed by atoms with Crippen LogP contribution in [0.1, 0.15) is 77.3 Å². The first-order valence-electron chi connectivity index (χ1n) is 14.8. The minimum Gasteiger partial charge on any atom is -0.407 e. The molecule has 0 atom stereocenters. The Balaban J connectivity index is 1.11. The van der Waals surface area contributed by atoms with Gasteiger partial charge < -0.3 is 18.6 Å². The smallest absolute Gasteiger partial charge is 0.407 e. The highest BCUT2D eigenvalue weighted by Crippen LogP contribution is 2.66. The summed E-state index contributed by atoms with van der Waals surface area (Å²) in [5.41, 5.74) is 6.12. The van der Waals surface area contributed by atoms with Gasteiger partial charge in [-0.25, -0.2) is 0 Å². The lowest BCUT2D eigenvalue weighted by Crippen LogP contribution is -2.56. The molecule has 0 N–H and O–H groups in total. The Morgan fingerprint density at radius 2 is 0.895 bits per heavy atom. The molecule has 200 valence electrons. The van der Waals surface area contributed by atoms with Crippen LogP contribution in [-0.4, -0.2) is 40.7 Å². The summed E-state index contributed by atoms with van der Waals surface area (Å²) in [7, 11) is -0.469. The van der Waals surface area contributed by atoms with Crippen LogP contribution in [0.15, 0.2) is 48.5 Å². The van der Waals surface area contributed by atoms with Gasteiger partial charge in [-0.3, -0.25) is 0 Å². The Bertz CT molecular complexity index is 1050. The second kappa shape index (κ2) is 8.96. The van der Waals surface area contributed by atoms with Gasteiger partial charge in [0, 0.05) is 37.3 Å². The van der Waals surface area contributed by atoms with Crippen molar-refractivity contribution in [3.8, 4) is 0 Å². The quantitative estimate of drug-likeness (QED) is 0.540. The zero-order chi connectivity index (χ0) is 26.2. The minimum absolute atomic E-state index is 0.0928. The summed E-state index contributed by atoms with van der Waals surface area (Å²) in [6.45, 7) is 11.7. The molecule has 4 bridgehead atoms. The van der Waals surface area contributed by atoms with Gasteiger partial charge in [0.15, 0.2) is 0 Å². The molecule has 0 spiro atoms. The average molecular weight is 512 g/mol. The molecule has 2 heterocycles. The van der Waals surface area contributed by atoms with Gasteiger partial charge in [-0.15, -0.1) is 0 Å². The maximum Gasteiger partial charge on any atom is 0.493 e. The maximum atomic E-state index is 6.07. The van der Waals surface area contributed by atoms with Gasteiger partial charge in [0.05, 0.1) is 0 Å². The number of hydrogen-bond acceptors (Lipinski definition) is 4. The van der Waals surface area contributed by atoms with Crippen molar-refractivity contribution in [1.29, 1.82) is 0 Å². The van der Waals surface area contributed by atoms with Crippen LogP contribution in [0.25, 0.3) is 0 Å². The Labute approximate surface area is 229 Å². The molecule has 6 aliphatic rings. The van der Waals surface area contributed by atoms with Gasteiger partial charge >= 0.3 is 14.2 Å². The van der Waals surface area contributed by atoms with Crippen LogP contribution in [0.2, 0.25) is 0 Å². The minimum atomic E-state index is -0.235. The SMILES string of the molecule is CC1(C)COB(c2ccc(C34CC5CC(C3)CC(c3ccc(B6OCC(C)(C)CO6)cc3)(C5)C4)cc2)OC1. The van der Waals surface area contributed by atoms with Crippen LogP contribution < -0.4 is 10.9 Å². The molecule has 0 amide bonds. The molecule has 4 aliphatic carbocycles. The molecule has 2 aliphatic heterocycles. The van der Waals surface area contributed by atoms with Crippen LogP contribution in [0.4, 0.5) is 0 Å².